The van der Waals surface area contributed by atoms with Gasteiger partial charge in [0, 0.05) is 6.04 Å². The summed E-state index contributed by atoms with van der Waals surface area (Å²) in [5, 5.41) is 7.68. The Bertz CT molecular complexity index is 572. The summed E-state index contributed by atoms with van der Waals surface area (Å²) in [7, 11) is -3.81. The lowest BCUT2D eigenvalue weighted by atomic mass is 10.3. The van der Waals surface area contributed by atoms with Crippen molar-refractivity contribution in [1.29, 1.82) is 0 Å². The van der Waals surface area contributed by atoms with Gasteiger partial charge in [-0.3, -0.25) is 4.79 Å². The van der Waals surface area contributed by atoms with Gasteiger partial charge in [0.15, 0.2) is 6.61 Å². The lowest BCUT2D eigenvalue weighted by molar-refractivity contribution is -0.123. The number of primary sulfonamides is 1. The minimum Gasteiger partial charge on any atom is -0.482 e. The van der Waals surface area contributed by atoms with Crippen molar-refractivity contribution in [2.75, 3.05) is 6.61 Å². The topological polar surface area (TPSA) is 98.5 Å². The van der Waals surface area contributed by atoms with Crippen molar-refractivity contribution in [3.8, 4) is 5.75 Å². The molecule has 0 unspecified atom stereocenters. The fourth-order valence-electron chi connectivity index (χ4n) is 1.28. The molecule has 0 atom stereocenters. The van der Waals surface area contributed by atoms with Gasteiger partial charge in [-0.1, -0.05) is 11.6 Å². The van der Waals surface area contributed by atoms with Crippen LogP contribution in [0.2, 0.25) is 5.02 Å². The van der Waals surface area contributed by atoms with E-state index in [2.05, 4.69) is 5.32 Å². The minimum atomic E-state index is -3.81. The standard InChI is InChI=1S/C11H15ClN2O4S/c1-7(2)14-11(15)6-18-10-4-3-8(5-9(10)12)19(13,16)17/h3-5,7H,6H2,1-2H3,(H,14,15)(H2,13,16,17). The summed E-state index contributed by atoms with van der Waals surface area (Å²) in [4.78, 5) is 11.3. The van der Waals surface area contributed by atoms with Crippen molar-refractivity contribution in [1.82, 2.24) is 5.32 Å². The number of amides is 1. The normalized spacial score (nSPS) is 11.4. The Balaban J connectivity index is 2.74. The second-order valence-corrected chi connectivity index (χ2v) is 6.12. The van der Waals surface area contributed by atoms with E-state index in [4.69, 9.17) is 21.5 Å². The lowest BCUT2D eigenvalue weighted by Gasteiger charge is -2.11. The first-order valence-electron chi connectivity index (χ1n) is 5.44. The molecule has 1 rings (SSSR count). The maximum absolute atomic E-state index is 11.4. The molecule has 0 fully saturated rings. The molecule has 0 radical (unpaired) electrons. The summed E-state index contributed by atoms with van der Waals surface area (Å²) >= 11 is 5.85. The SMILES string of the molecule is CC(C)NC(=O)COc1ccc(S(N)(=O)=O)cc1Cl. The smallest absolute Gasteiger partial charge is 0.258 e. The molecule has 0 aliphatic rings. The zero-order valence-electron chi connectivity index (χ0n) is 10.5. The van der Waals surface area contributed by atoms with Crippen molar-refractivity contribution in [2.45, 2.75) is 24.8 Å². The number of sulfonamides is 1. The van der Waals surface area contributed by atoms with E-state index >= 15 is 0 Å². The van der Waals surface area contributed by atoms with E-state index in [0.717, 1.165) is 0 Å². The molecule has 0 saturated carbocycles. The molecule has 0 saturated heterocycles. The van der Waals surface area contributed by atoms with Gasteiger partial charge in [-0.2, -0.15) is 0 Å². The fourth-order valence-corrected chi connectivity index (χ4v) is 2.12. The lowest BCUT2D eigenvalue weighted by Crippen LogP contribution is -2.34. The predicted molar refractivity (Wildman–Crippen MR) is 71.6 cm³/mol. The van der Waals surface area contributed by atoms with Crippen LogP contribution in [-0.4, -0.2) is 27.0 Å². The molecule has 0 heterocycles. The molecule has 106 valence electrons. The van der Waals surface area contributed by atoms with Crippen LogP contribution in [0.1, 0.15) is 13.8 Å². The third-order valence-corrected chi connectivity index (χ3v) is 3.25. The molecule has 0 spiro atoms. The van der Waals surface area contributed by atoms with Gasteiger partial charge in [-0.05, 0) is 32.0 Å². The van der Waals surface area contributed by atoms with Gasteiger partial charge in [0.25, 0.3) is 5.91 Å². The van der Waals surface area contributed by atoms with Crippen LogP contribution >= 0.6 is 11.6 Å². The highest BCUT2D eigenvalue weighted by Crippen LogP contribution is 2.26. The Morgan fingerprint density at radius 3 is 2.58 bits per heavy atom. The number of hydrogen-bond acceptors (Lipinski definition) is 4. The predicted octanol–water partition coefficient (Wildman–Crippen LogP) is 0.891. The summed E-state index contributed by atoms with van der Waals surface area (Å²) in [6, 6.07) is 3.80. The number of rotatable bonds is 5. The first-order chi connectivity index (χ1) is 8.70. The van der Waals surface area contributed by atoms with Crippen LogP contribution in [0.5, 0.6) is 5.75 Å². The van der Waals surface area contributed by atoms with E-state index < -0.39 is 10.0 Å². The zero-order chi connectivity index (χ0) is 14.6. The van der Waals surface area contributed by atoms with Gasteiger partial charge in [0.05, 0.1) is 9.92 Å². The molecule has 8 heteroatoms. The number of carbonyl (C=O) groups is 1. The molecule has 0 aliphatic carbocycles. The first-order valence-corrected chi connectivity index (χ1v) is 7.37. The van der Waals surface area contributed by atoms with E-state index in [-0.39, 0.29) is 34.2 Å². The Labute approximate surface area is 116 Å². The van der Waals surface area contributed by atoms with Crippen LogP contribution in [0.25, 0.3) is 0 Å². The van der Waals surface area contributed by atoms with Crippen LogP contribution in [0.15, 0.2) is 23.1 Å². The second kappa shape index (κ2) is 6.23. The third kappa shape index (κ3) is 5.06. The number of ether oxygens (including phenoxy) is 1. The van der Waals surface area contributed by atoms with Gasteiger partial charge in [0.1, 0.15) is 5.75 Å². The van der Waals surface area contributed by atoms with Crippen molar-refractivity contribution >= 4 is 27.5 Å². The average molecular weight is 307 g/mol. The van der Waals surface area contributed by atoms with Crippen LogP contribution < -0.4 is 15.2 Å². The van der Waals surface area contributed by atoms with E-state index in [1.165, 1.54) is 18.2 Å². The van der Waals surface area contributed by atoms with Crippen molar-refractivity contribution < 1.29 is 17.9 Å². The Morgan fingerprint density at radius 1 is 1.47 bits per heavy atom. The molecule has 19 heavy (non-hydrogen) atoms. The molecule has 3 N–H and O–H groups in total. The molecular formula is C11H15ClN2O4S. The molecule has 1 amide bonds. The number of nitrogens with two attached hydrogens (primary N) is 1. The highest BCUT2D eigenvalue weighted by molar-refractivity contribution is 7.89. The largest absolute Gasteiger partial charge is 0.482 e. The van der Waals surface area contributed by atoms with Gasteiger partial charge in [-0.15, -0.1) is 0 Å². The summed E-state index contributed by atoms with van der Waals surface area (Å²) < 4.78 is 27.4. The number of hydrogen-bond donors (Lipinski definition) is 2. The minimum absolute atomic E-state index is 0.0105. The monoisotopic (exact) mass is 306 g/mol. The molecule has 0 aromatic heterocycles. The van der Waals surface area contributed by atoms with E-state index in [1.54, 1.807) is 0 Å². The molecule has 1 aromatic carbocycles. The number of carbonyl (C=O) groups excluding carboxylic acids is 1. The quantitative estimate of drug-likeness (QED) is 0.844. The summed E-state index contributed by atoms with van der Waals surface area (Å²) in [5.74, 6) is -0.0745. The number of nitrogens with one attached hydrogen (secondary N) is 1. The maximum atomic E-state index is 11.4. The Morgan fingerprint density at radius 2 is 2.11 bits per heavy atom. The highest BCUT2D eigenvalue weighted by atomic mass is 35.5. The molecule has 6 nitrogen and oxygen atoms in total. The van der Waals surface area contributed by atoms with E-state index in [0.29, 0.717) is 0 Å². The molecule has 0 aliphatic heterocycles. The van der Waals surface area contributed by atoms with Gasteiger partial charge < -0.3 is 10.1 Å². The Kier molecular flexibility index (Phi) is 5.16. The van der Waals surface area contributed by atoms with Crippen LogP contribution in [-0.2, 0) is 14.8 Å². The van der Waals surface area contributed by atoms with Crippen LogP contribution in [0.4, 0.5) is 0 Å². The Hall–Kier alpha value is -1.31. The van der Waals surface area contributed by atoms with E-state index in [1.807, 2.05) is 13.8 Å². The zero-order valence-corrected chi connectivity index (χ0v) is 12.1. The van der Waals surface area contributed by atoms with Gasteiger partial charge in [0.2, 0.25) is 10.0 Å². The van der Waals surface area contributed by atoms with E-state index in [9.17, 15) is 13.2 Å². The summed E-state index contributed by atoms with van der Waals surface area (Å²) in [5.41, 5.74) is 0. The molecule has 1 aromatic rings. The molecule has 0 bridgehead atoms. The van der Waals surface area contributed by atoms with Crippen molar-refractivity contribution in [2.24, 2.45) is 5.14 Å². The molecular weight excluding hydrogens is 292 g/mol. The highest BCUT2D eigenvalue weighted by Gasteiger charge is 2.12. The van der Waals surface area contributed by atoms with Crippen LogP contribution in [0, 0.1) is 0 Å². The number of benzene rings is 1. The first kappa shape index (κ1) is 15.7. The van der Waals surface area contributed by atoms with Gasteiger partial charge in [-0.25, -0.2) is 13.6 Å². The van der Waals surface area contributed by atoms with Crippen LogP contribution in [0.3, 0.4) is 0 Å². The number of halogens is 1. The fraction of sp³-hybridized carbons (Fsp3) is 0.364. The summed E-state index contributed by atoms with van der Waals surface area (Å²) in [6.45, 7) is 3.45. The second-order valence-electron chi connectivity index (χ2n) is 4.15. The summed E-state index contributed by atoms with van der Waals surface area (Å²) in [6.07, 6.45) is 0. The average Bonchev–Trinajstić information content (AvgIpc) is 2.25. The van der Waals surface area contributed by atoms with Crippen molar-refractivity contribution in [3.05, 3.63) is 23.2 Å². The van der Waals surface area contributed by atoms with Crippen molar-refractivity contribution in [3.63, 3.8) is 0 Å². The third-order valence-electron chi connectivity index (χ3n) is 2.04. The van der Waals surface area contributed by atoms with Gasteiger partial charge >= 0.3 is 0 Å². The maximum Gasteiger partial charge on any atom is 0.258 e.